The second-order valence-electron chi connectivity index (χ2n) is 4.31. The summed E-state index contributed by atoms with van der Waals surface area (Å²) >= 11 is 3.14. The molecule has 22 heavy (non-hydrogen) atoms. The maximum Gasteiger partial charge on any atom is 0.315 e. The van der Waals surface area contributed by atoms with Crippen LogP contribution in [0.1, 0.15) is 11.8 Å². The molecular formula is C16H18N2O2S2. The number of anilines is 1. The van der Waals surface area contributed by atoms with Crippen molar-refractivity contribution < 1.29 is 9.53 Å². The Hall–Kier alpha value is -1.79. The maximum atomic E-state index is 11.4. The molecule has 0 radical (unpaired) electrons. The van der Waals surface area contributed by atoms with E-state index in [1.165, 1.54) is 11.8 Å². The molecule has 0 aliphatic rings. The summed E-state index contributed by atoms with van der Waals surface area (Å²) < 4.78 is 4.93. The number of benzene rings is 1. The van der Waals surface area contributed by atoms with E-state index in [1.807, 2.05) is 54.8 Å². The molecule has 1 aromatic heterocycles. The fraction of sp³-hybridized carbons (Fsp3) is 0.250. The summed E-state index contributed by atoms with van der Waals surface area (Å²) in [5.41, 5.74) is 4.92. The first kappa shape index (κ1) is 16.6. The molecule has 1 heterocycles. The monoisotopic (exact) mass is 334 g/mol. The molecule has 0 unspecified atom stereocenters. The number of hydrogen-bond acceptors (Lipinski definition) is 6. The summed E-state index contributed by atoms with van der Waals surface area (Å²) in [6.45, 7) is 2.23. The molecule has 0 atom stereocenters. The van der Waals surface area contributed by atoms with Crippen molar-refractivity contribution in [1.29, 1.82) is 0 Å². The molecule has 0 amide bonds. The van der Waals surface area contributed by atoms with Crippen LogP contribution in [0.25, 0.3) is 0 Å². The Morgan fingerprint density at radius 2 is 2.05 bits per heavy atom. The second kappa shape index (κ2) is 9.27. The number of thioether (sulfide) groups is 1. The molecule has 4 nitrogen and oxygen atoms in total. The van der Waals surface area contributed by atoms with Gasteiger partial charge in [-0.3, -0.25) is 10.2 Å². The highest BCUT2D eigenvalue weighted by molar-refractivity contribution is 8.00. The Morgan fingerprint density at radius 3 is 2.73 bits per heavy atom. The number of carbonyl (C=O) groups is 1. The normalized spacial score (nSPS) is 11.2. The molecule has 0 saturated heterocycles. The van der Waals surface area contributed by atoms with Crippen molar-refractivity contribution in [3.63, 3.8) is 0 Å². The predicted molar refractivity (Wildman–Crippen MR) is 94.9 cm³/mol. The average Bonchev–Trinajstić information content (AvgIpc) is 3.06. The van der Waals surface area contributed by atoms with Gasteiger partial charge in [0.15, 0.2) is 0 Å². The molecule has 0 spiro atoms. The molecule has 116 valence electrons. The smallest absolute Gasteiger partial charge is 0.315 e. The van der Waals surface area contributed by atoms with Crippen molar-refractivity contribution in [3.8, 4) is 0 Å². The Kier molecular flexibility index (Phi) is 6.99. The molecular weight excluding hydrogens is 316 g/mol. The van der Waals surface area contributed by atoms with E-state index in [0.29, 0.717) is 18.1 Å². The number of hydrogen-bond donors (Lipinski definition) is 1. The number of hydrazone groups is 1. The van der Waals surface area contributed by atoms with Crippen LogP contribution in [0.5, 0.6) is 0 Å². The number of ether oxygens (including phenoxy) is 1. The van der Waals surface area contributed by atoms with Crippen LogP contribution >= 0.6 is 23.1 Å². The first-order valence-electron chi connectivity index (χ1n) is 6.94. The third kappa shape index (κ3) is 5.54. The molecule has 0 fully saturated rings. The lowest BCUT2D eigenvalue weighted by molar-refractivity contribution is -0.139. The lowest BCUT2D eigenvalue weighted by atomic mass is 10.3. The van der Waals surface area contributed by atoms with Crippen LogP contribution in [0.2, 0.25) is 0 Å². The number of nitrogens with one attached hydrogen (secondary N) is 1. The van der Waals surface area contributed by atoms with Crippen molar-refractivity contribution in [1.82, 2.24) is 0 Å². The van der Waals surface area contributed by atoms with Gasteiger partial charge in [-0.15, -0.1) is 23.1 Å². The standard InChI is InChI=1S/C16H18N2O2S2/c1-2-20-16(19)12-21-11-14(15-9-6-10-22-15)18-17-13-7-4-3-5-8-13/h3-10,17H,2,11-12H2,1H3/b18-14-. The lowest BCUT2D eigenvalue weighted by Gasteiger charge is -2.06. The summed E-state index contributed by atoms with van der Waals surface area (Å²) in [6.07, 6.45) is 0. The molecule has 2 rings (SSSR count). The maximum absolute atomic E-state index is 11.4. The van der Waals surface area contributed by atoms with Gasteiger partial charge in [0, 0.05) is 5.75 Å². The van der Waals surface area contributed by atoms with Gasteiger partial charge in [-0.05, 0) is 30.5 Å². The lowest BCUT2D eigenvalue weighted by Crippen LogP contribution is -2.11. The van der Waals surface area contributed by atoms with E-state index in [2.05, 4.69) is 10.5 Å². The number of esters is 1. The molecule has 2 aromatic rings. The van der Waals surface area contributed by atoms with Crippen LogP contribution in [0.4, 0.5) is 5.69 Å². The largest absolute Gasteiger partial charge is 0.465 e. The van der Waals surface area contributed by atoms with Crippen molar-refractivity contribution in [2.75, 3.05) is 23.5 Å². The Morgan fingerprint density at radius 1 is 1.23 bits per heavy atom. The molecule has 0 aliphatic heterocycles. The number of nitrogens with zero attached hydrogens (tertiary/aromatic N) is 1. The van der Waals surface area contributed by atoms with Gasteiger partial charge in [0.1, 0.15) is 0 Å². The summed E-state index contributed by atoms with van der Waals surface area (Å²) in [6, 6.07) is 13.8. The quantitative estimate of drug-likeness (QED) is 0.452. The number of para-hydroxylation sites is 1. The highest BCUT2D eigenvalue weighted by Crippen LogP contribution is 2.15. The fourth-order valence-corrected chi connectivity index (χ4v) is 3.25. The van der Waals surface area contributed by atoms with E-state index >= 15 is 0 Å². The van der Waals surface area contributed by atoms with Gasteiger partial charge in [-0.25, -0.2) is 0 Å². The van der Waals surface area contributed by atoms with Gasteiger partial charge >= 0.3 is 5.97 Å². The minimum absolute atomic E-state index is 0.186. The number of thiophene rings is 1. The summed E-state index contributed by atoms with van der Waals surface area (Å²) in [7, 11) is 0. The number of carbonyl (C=O) groups excluding carboxylic acids is 1. The highest BCUT2D eigenvalue weighted by Gasteiger charge is 2.08. The van der Waals surface area contributed by atoms with Crippen LogP contribution in [0, 0.1) is 0 Å². The van der Waals surface area contributed by atoms with Gasteiger partial charge in [0.25, 0.3) is 0 Å². The van der Waals surface area contributed by atoms with Crippen molar-refractivity contribution in [2.24, 2.45) is 5.10 Å². The van der Waals surface area contributed by atoms with E-state index in [1.54, 1.807) is 11.3 Å². The molecule has 1 aromatic carbocycles. The topological polar surface area (TPSA) is 50.7 Å². The van der Waals surface area contributed by atoms with E-state index in [4.69, 9.17) is 4.74 Å². The minimum Gasteiger partial charge on any atom is -0.465 e. The zero-order valence-corrected chi connectivity index (χ0v) is 14.0. The summed E-state index contributed by atoms with van der Waals surface area (Å²) in [5, 5.41) is 6.50. The van der Waals surface area contributed by atoms with Crippen LogP contribution in [0.15, 0.2) is 52.9 Å². The van der Waals surface area contributed by atoms with Crippen LogP contribution in [-0.4, -0.2) is 29.8 Å². The van der Waals surface area contributed by atoms with Crippen molar-refractivity contribution in [3.05, 3.63) is 52.7 Å². The van der Waals surface area contributed by atoms with Crippen molar-refractivity contribution in [2.45, 2.75) is 6.92 Å². The molecule has 0 aliphatic carbocycles. The number of rotatable bonds is 8. The zero-order chi connectivity index (χ0) is 15.6. The van der Waals surface area contributed by atoms with Gasteiger partial charge < -0.3 is 4.74 Å². The molecule has 1 N–H and O–H groups in total. The first-order valence-corrected chi connectivity index (χ1v) is 8.98. The van der Waals surface area contributed by atoms with E-state index in [9.17, 15) is 4.79 Å². The molecule has 0 bridgehead atoms. The predicted octanol–water partition coefficient (Wildman–Crippen LogP) is 3.86. The Labute approximate surface area is 138 Å². The highest BCUT2D eigenvalue weighted by atomic mass is 32.2. The molecule has 0 saturated carbocycles. The van der Waals surface area contributed by atoms with Crippen LogP contribution in [0.3, 0.4) is 0 Å². The Bertz CT molecular complexity index is 598. The van der Waals surface area contributed by atoms with Gasteiger partial charge in [-0.2, -0.15) is 5.10 Å². The third-order valence-corrected chi connectivity index (χ3v) is 4.50. The molecule has 6 heteroatoms. The second-order valence-corrected chi connectivity index (χ2v) is 6.24. The van der Waals surface area contributed by atoms with Gasteiger partial charge in [0.05, 0.1) is 28.6 Å². The third-order valence-electron chi connectivity index (χ3n) is 2.66. The van der Waals surface area contributed by atoms with E-state index in [-0.39, 0.29) is 5.97 Å². The minimum atomic E-state index is -0.186. The first-order chi connectivity index (χ1) is 10.8. The van der Waals surface area contributed by atoms with Crippen LogP contribution in [-0.2, 0) is 9.53 Å². The van der Waals surface area contributed by atoms with E-state index in [0.717, 1.165) is 16.3 Å². The van der Waals surface area contributed by atoms with Gasteiger partial charge in [0.2, 0.25) is 0 Å². The zero-order valence-electron chi connectivity index (χ0n) is 12.3. The summed E-state index contributed by atoms with van der Waals surface area (Å²) in [4.78, 5) is 12.5. The fourth-order valence-electron chi connectivity index (χ4n) is 1.68. The summed E-state index contributed by atoms with van der Waals surface area (Å²) in [5.74, 6) is 0.803. The SMILES string of the molecule is CCOC(=O)CSC/C(=N/Nc1ccccc1)c1cccs1. The van der Waals surface area contributed by atoms with Gasteiger partial charge in [-0.1, -0.05) is 24.3 Å². The Balaban J connectivity index is 1.96. The van der Waals surface area contributed by atoms with Crippen molar-refractivity contribution >= 4 is 40.5 Å². The average molecular weight is 334 g/mol. The van der Waals surface area contributed by atoms with Crippen LogP contribution < -0.4 is 5.43 Å². The van der Waals surface area contributed by atoms with E-state index < -0.39 is 0 Å².